The molecule has 0 unspecified atom stereocenters. The van der Waals surface area contributed by atoms with Gasteiger partial charge in [-0.2, -0.15) is 4.98 Å². The van der Waals surface area contributed by atoms with E-state index in [1.807, 2.05) is 19.1 Å². The van der Waals surface area contributed by atoms with Gasteiger partial charge in [-0.1, -0.05) is 67.5 Å². The molecule has 24 heavy (non-hydrogen) atoms. The molecule has 0 radical (unpaired) electrons. The van der Waals surface area contributed by atoms with Gasteiger partial charge < -0.3 is 4.52 Å². The Kier molecular flexibility index (Phi) is 4.45. The fourth-order valence-electron chi connectivity index (χ4n) is 2.05. The molecule has 0 spiro atoms. The Hall–Kier alpha value is -2.15. The second-order valence-electron chi connectivity index (χ2n) is 6.80. The minimum Gasteiger partial charge on any atom is -0.338 e. The van der Waals surface area contributed by atoms with Crippen LogP contribution in [0.5, 0.6) is 0 Å². The summed E-state index contributed by atoms with van der Waals surface area (Å²) in [6, 6.07) is 8.17. The number of H-pyrrole nitrogens is 1. The lowest BCUT2D eigenvalue weighted by Crippen LogP contribution is -2.13. The highest BCUT2D eigenvalue weighted by atomic mass is 32.2. The summed E-state index contributed by atoms with van der Waals surface area (Å²) in [6.45, 7) is 10.2. The molecule has 126 valence electrons. The van der Waals surface area contributed by atoms with Crippen molar-refractivity contribution in [3.05, 3.63) is 41.5 Å². The van der Waals surface area contributed by atoms with E-state index in [1.54, 1.807) is 0 Å². The van der Waals surface area contributed by atoms with E-state index in [0.717, 1.165) is 11.4 Å². The lowest BCUT2D eigenvalue weighted by molar-refractivity contribution is 0.364. The first-order valence-electron chi connectivity index (χ1n) is 7.83. The second kappa shape index (κ2) is 6.39. The molecule has 0 amide bonds. The molecule has 3 rings (SSSR count). The van der Waals surface area contributed by atoms with Crippen LogP contribution in [0.1, 0.15) is 50.2 Å². The molecule has 1 aromatic carbocycles. The first kappa shape index (κ1) is 16.7. The smallest absolute Gasteiger partial charge is 0.239 e. The van der Waals surface area contributed by atoms with E-state index in [9.17, 15) is 0 Å². The number of hydrogen-bond donors (Lipinski definition) is 1. The van der Waals surface area contributed by atoms with Crippen LogP contribution in [0.25, 0.3) is 11.4 Å². The zero-order valence-corrected chi connectivity index (χ0v) is 15.3. The number of benzene rings is 1. The van der Waals surface area contributed by atoms with Gasteiger partial charge in [-0.15, -0.1) is 5.10 Å². The Morgan fingerprint density at radius 1 is 1.12 bits per heavy atom. The summed E-state index contributed by atoms with van der Waals surface area (Å²) in [5.41, 5.74) is 2.10. The molecular formula is C17H21N5OS. The minimum absolute atomic E-state index is 0.0183. The summed E-state index contributed by atoms with van der Waals surface area (Å²) in [5.74, 6) is 2.05. The molecular weight excluding hydrogens is 322 g/mol. The maximum atomic E-state index is 5.38. The largest absolute Gasteiger partial charge is 0.338 e. The summed E-state index contributed by atoms with van der Waals surface area (Å²) in [7, 11) is 0. The Morgan fingerprint density at radius 3 is 2.46 bits per heavy atom. The lowest BCUT2D eigenvalue weighted by atomic mass is 9.96. The molecule has 1 N–H and O–H groups in total. The topological polar surface area (TPSA) is 80.5 Å². The highest BCUT2D eigenvalue weighted by Gasteiger charge is 2.24. The summed E-state index contributed by atoms with van der Waals surface area (Å²) >= 11 is 1.49. The fraction of sp³-hybridized carbons (Fsp3) is 0.412. The third kappa shape index (κ3) is 3.67. The number of aryl methyl sites for hydroxylation is 1. The monoisotopic (exact) mass is 343 g/mol. The van der Waals surface area contributed by atoms with E-state index in [4.69, 9.17) is 4.52 Å². The first-order valence-corrected chi connectivity index (χ1v) is 8.71. The fourth-order valence-corrected chi connectivity index (χ4v) is 2.81. The molecule has 0 saturated carbocycles. The average molecular weight is 343 g/mol. The van der Waals surface area contributed by atoms with Crippen molar-refractivity contribution in [2.45, 2.75) is 50.4 Å². The van der Waals surface area contributed by atoms with Crippen molar-refractivity contribution in [1.29, 1.82) is 0 Å². The van der Waals surface area contributed by atoms with Gasteiger partial charge in [0.15, 0.2) is 11.6 Å². The van der Waals surface area contributed by atoms with Gasteiger partial charge in [0.25, 0.3) is 0 Å². The number of aromatic amines is 1. The van der Waals surface area contributed by atoms with E-state index in [2.05, 4.69) is 65.1 Å². The van der Waals surface area contributed by atoms with Crippen molar-refractivity contribution < 1.29 is 4.52 Å². The Bertz CT molecular complexity index is 816. The molecule has 7 heteroatoms. The predicted molar refractivity (Wildman–Crippen MR) is 93.8 cm³/mol. The first-order chi connectivity index (χ1) is 11.3. The van der Waals surface area contributed by atoms with Crippen LogP contribution in [0.3, 0.4) is 0 Å². The molecule has 3 aromatic rings. The van der Waals surface area contributed by atoms with Crippen molar-refractivity contribution in [1.82, 2.24) is 25.3 Å². The van der Waals surface area contributed by atoms with Gasteiger partial charge in [0, 0.05) is 11.0 Å². The van der Waals surface area contributed by atoms with E-state index in [0.29, 0.717) is 16.9 Å². The van der Waals surface area contributed by atoms with Gasteiger partial charge in [0.05, 0.1) is 5.25 Å². The van der Waals surface area contributed by atoms with Crippen LogP contribution in [-0.2, 0) is 5.41 Å². The van der Waals surface area contributed by atoms with E-state index < -0.39 is 0 Å². The number of hydrogen-bond acceptors (Lipinski definition) is 6. The Morgan fingerprint density at radius 2 is 1.83 bits per heavy atom. The van der Waals surface area contributed by atoms with Gasteiger partial charge in [-0.05, 0) is 13.8 Å². The standard InChI is InChI=1S/C17H21N5OS/c1-10-6-8-12(9-7-10)13-18-16(21-20-13)24-11(2)14-19-15(22-23-14)17(3,4)5/h6-9,11H,1-5H3,(H,18,20,21)/t11-/m0/s1. The molecule has 0 bridgehead atoms. The SMILES string of the molecule is Cc1ccc(-c2nc(S[C@@H](C)c3nc(C(C)(C)C)no3)n[nH]2)cc1. The van der Waals surface area contributed by atoms with Crippen molar-refractivity contribution in [3.8, 4) is 11.4 Å². The highest BCUT2D eigenvalue weighted by molar-refractivity contribution is 7.99. The van der Waals surface area contributed by atoms with Crippen LogP contribution in [0.2, 0.25) is 0 Å². The minimum atomic E-state index is -0.130. The molecule has 2 aromatic heterocycles. The van der Waals surface area contributed by atoms with Crippen molar-refractivity contribution in [2.24, 2.45) is 0 Å². The molecule has 0 aliphatic heterocycles. The van der Waals surface area contributed by atoms with Crippen molar-refractivity contribution in [3.63, 3.8) is 0 Å². The summed E-state index contributed by atoms with van der Waals surface area (Å²) < 4.78 is 5.38. The maximum absolute atomic E-state index is 5.38. The molecule has 1 atom stereocenters. The van der Waals surface area contributed by atoms with Crippen molar-refractivity contribution in [2.75, 3.05) is 0 Å². The van der Waals surface area contributed by atoms with Gasteiger partial charge in [0.1, 0.15) is 0 Å². The summed E-state index contributed by atoms with van der Waals surface area (Å²) in [5, 5.41) is 12.0. The lowest BCUT2D eigenvalue weighted by Gasteiger charge is -2.11. The summed E-state index contributed by atoms with van der Waals surface area (Å²) in [4.78, 5) is 9.03. The van der Waals surface area contributed by atoms with Crippen LogP contribution < -0.4 is 0 Å². The normalized spacial score (nSPS) is 13.2. The number of rotatable bonds is 4. The van der Waals surface area contributed by atoms with E-state index in [1.165, 1.54) is 17.3 Å². The van der Waals surface area contributed by atoms with Crippen LogP contribution in [0.15, 0.2) is 33.9 Å². The molecule has 6 nitrogen and oxygen atoms in total. The zero-order valence-electron chi connectivity index (χ0n) is 14.5. The quantitative estimate of drug-likeness (QED) is 0.711. The van der Waals surface area contributed by atoms with Crippen LogP contribution in [0.4, 0.5) is 0 Å². The van der Waals surface area contributed by atoms with Crippen LogP contribution in [0, 0.1) is 6.92 Å². The van der Waals surface area contributed by atoms with E-state index in [-0.39, 0.29) is 10.7 Å². The Balaban J connectivity index is 1.72. The number of nitrogens with zero attached hydrogens (tertiary/aromatic N) is 4. The number of aromatic nitrogens is 5. The third-order valence-corrected chi connectivity index (χ3v) is 4.48. The summed E-state index contributed by atoms with van der Waals surface area (Å²) in [6.07, 6.45) is 0. The molecule has 2 heterocycles. The molecule has 0 fully saturated rings. The van der Waals surface area contributed by atoms with Gasteiger partial charge in [-0.3, -0.25) is 5.10 Å². The van der Waals surface area contributed by atoms with Crippen LogP contribution >= 0.6 is 11.8 Å². The highest BCUT2D eigenvalue weighted by Crippen LogP contribution is 2.33. The molecule has 0 aliphatic carbocycles. The molecule has 0 aliphatic rings. The van der Waals surface area contributed by atoms with Gasteiger partial charge >= 0.3 is 0 Å². The average Bonchev–Trinajstić information content (AvgIpc) is 3.16. The van der Waals surface area contributed by atoms with E-state index >= 15 is 0 Å². The van der Waals surface area contributed by atoms with Gasteiger partial charge in [0.2, 0.25) is 11.0 Å². The number of thioether (sulfide) groups is 1. The Labute approximate surface area is 145 Å². The predicted octanol–water partition coefficient (Wildman–Crippen LogP) is 4.31. The van der Waals surface area contributed by atoms with Crippen molar-refractivity contribution >= 4 is 11.8 Å². The number of nitrogens with one attached hydrogen (secondary N) is 1. The second-order valence-corrected chi connectivity index (χ2v) is 8.11. The van der Waals surface area contributed by atoms with Crippen LogP contribution in [-0.4, -0.2) is 25.3 Å². The zero-order chi connectivity index (χ0) is 17.3. The molecule has 0 saturated heterocycles. The van der Waals surface area contributed by atoms with Gasteiger partial charge in [-0.25, -0.2) is 4.98 Å². The maximum Gasteiger partial charge on any atom is 0.239 e. The third-order valence-electron chi connectivity index (χ3n) is 3.53.